The summed E-state index contributed by atoms with van der Waals surface area (Å²) in [6.45, 7) is 4.33. The zero-order valence-electron chi connectivity index (χ0n) is 11.9. The molecule has 0 saturated heterocycles. The molecule has 1 aromatic carbocycles. The molecule has 0 aliphatic heterocycles. The summed E-state index contributed by atoms with van der Waals surface area (Å²) < 4.78 is 13.0. The Balaban J connectivity index is 2.44. The van der Waals surface area contributed by atoms with Crippen molar-refractivity contribution in [2.45, 2.75) is 44.8 Å². The van der Waals surface area contributed by atoms with Crippen molar-refractivity contribution in [3.8, 4) is 0 Å². The molecule has 0 saturated carbocycles. The van der Waals surface area contributed by atoms with E-state index in [0.717, 1.165) is 12.5 Å². The van der Waals surface area contributed by atoms with Gasteiger partial charge >= 0.3 is 0 Å². The van der Waals surface area contributed by atoms with Crippen LogP contribution >= 0.6 is 11.8 Å². The molecule has 0 spiro atoms. The van der Waals surface area contributed by atoms with Gasteiger partial charge in [-0.3, -0.25) is 10.1 Å². The minimum Gasteiger partial charge on any atom is -0.370 e. The number of rotatable bonds is 9. The lowest BCUT2D eigenvalue weighted by Gasteiger charge is -2.12. The Labute approximate surface area is 123 Å². The Morgan fingerprint density at radius 2 is 2.20 bits per heavy atom. The fourth-order valence-corrected chi connectivity index (χ4v) is 2.69. The molecule has 0 amide bonds. The molecule has 0 unspecified atom stereocenters. The Morgan fingerprint density at radius 3 is 2.85 bits per heavy atom. The van der Waals surface area contributed by atoms with Crippen LogP contribution < -0.4 is 5.32 Å². The topological polar surface area (TPSA) is 55.2 Å². The number of anilines is 1. The fourth-order valence-electron chi connectivity index (χ4n) is 1.83. The second-order valence-corrected chi connectivity index (χ2v) is 6.14. The Morgan fingerprint density at radius 1 is 1.45 bits per heavy atom. The molecule has 1 rings (SSSR count). The number of nitro groups is 1. The van der Waals surface area contributed by atoms with Crippen molar-refractivity contribution in [3.63, 3.8) is 0 Å². The van der Waals surface area contributed by atoms with Gasteiger partial charge in [-0.1, -0.05) is 33.1 Å². The number of hydrogen-bond acceptors (Lipinski definition) is 4. The van der Waals surface area contributed by atoms with E-state index in [1.807, 2.05) is 0 Å². The van der Waals surface area contributed by atoms with E-state index in [-0.39, 0.29) is 5.69 Å². The first-order valence-corrected chi connectivity index (χ1v) is 7.89. The first kappa shape index (κ1) is 16.8. The summed E-state index contributed by atoms with van der Waals surface area (Å²) in [5.74, 6) is -0.0115. The maximum atomic E-state index is 13.0. The van der Waals surface area contributed by atoms with Crippen molar-refractivity contribution < 1.29 is 9.31 Å². The molecule has 0 radical (unpaired) electrons. The van der Waals surface area contributed by atoms with Gasteiger partial charge in [-0.15, -0.1) is 11.8 Å². The lowest BCUT2D eigenvalue weighted by atomic mass is 10.2. The van der Waals surface area contributed by atoms with Crippen molar-refractivity contribution in [2.75, 3.05) is 11.2 Å². The Bertz CT molecular complexity index is 443. The zero-order valence-corrected chi connectivity index (χ0v) is 12.7. The highest BCUT2D eigenvalue weighted by Crippen LogP contribution is 2.26. The molecule has 0 aliphatic rings. The predicted molar refractivity (Wildman–Crippen MR) is 82.7 cm³/mol. The monoisotopic (exact) mass is 300 g/mol. The van der Waals surface area contributed by atoms with Gasteiger partial charge in [0, 0.05) is 5.25 Å². The van der Waals surface area contributed by atoms with E-state index in [4.69, 9.17) is 0 Å². The van der Waals surface area contributed by atoms with Crippen LogP contribution in [0.25, 0.3) is 0 Å². The summed E-state index contributed by atoms with van der Waals surface area (Å²) in [7, 11) is 0. The van der Waals surface area contributed by atoms with Crippen LogP contribution in [-0.4, -0.2) is 16.1 Å². The molecule has 1 atom stereocenters. The maximum Gasteiger partial charge on any atom is 0.295 e. The number of hydrogen-bond donors (Lipinski definition) is 1. The summed E-state index contributed by atoms with van der Waals surface area (Å²) in [5.41, 5.74) is 0.147. The molecule has 6 heteroatoms. The molecule has 0 heterocycles. The van der Waals surface area contributed by atoms with Gasteiger partial charge in [-0.05, 0) is 18.6 Å². The van der Waals surface area contributed by atoms with Crippen molar-refractivity contribution in [3.05, 3.63) is 34.1 Å². The van der Waals surface area contributed by atoms with E-state index < -0.39 is 10.7 Å². The van der Waals surface area contributed by atoms with Gasteiger partial charge in [-0.25, -0.2) is 4.39 Å². The van der Waals surface area contributed by atoms with Crippen molar-refractivity contribution in [2.24, 2.45) is 0 Å². The maximum absolute atomic E-state index is 13.0. The fraction of sp³-hybridized carbons (Fsp3) is 0.571. The summed E-state index contributed by atoms with van der Waals surface area (Å²) in [6, 6.07) is 3.58. The number of nitrogens with one attached hydrogen (secondary N) is 1. The third kappa shape index (κ3) is 5.77. The molecular formula is C14H21FN2O2S. The highest BCUT2D eigenvalue weighted by Gasteiger charge is 2.14. The normalized spacial score (nSPS) is 12.2. The van der Waals surface area contributed by atoms with Gasteiger partial charge in [0.05, 0.1) is 16.9 Å². The smallest absolute Gasteiger partial charge is 0.295 e. The van der Waals surface area contributed by atoms with Gasteiger partial charge in [0.15, 0.2) is 0 Å². The third-order valence-corrected chi connectivity index (χ3v) is 4.12. The van der Waals surface area contributed by atoms with E-state index in [1.165, 1.54) is 31.4 Å². The number of benzene rings is 1. The average Bonchev–Trinajstić information content (AvgIpc) is 2.40. The minimum atomic E-state index is -0.595. The number of nitrogens with zero attached hydrogens (tertiary/aromatic N) is 1. The molecule has 112 valence electrons. The molecule has 0 aliphatic carbocycles. The van der Waals surface area contributed by atoms with Crippen LogP contribution in [0.5, 0.6) is 0 Å². The number of halogens is 1. The summed E-state index contributed by atoms with van der Waals surface area (Å²) in [6.07, 6.45) is 4.80. The summed E-state index contributed by atoms with van der Waals surface area (Å²) in [4.78, 5) is 10.3. The van der Waals surface area contributed by atoms with Crippen LogP contribution in [0.3, 0.4) is 0 Å². The highest BCUT2D eigenvalue weighted by molar-refractivity contribution is 7.99. The van der Waals surface area contributed by atoms with Crippen LogP contribution in [0, 0.1) is 15.9 Å². The molecule has 0 aromatic heterocycles. The van der Waals surface area contributed by atoms with Gasteiger partial charge in [0.2, 0.25) is 0 Å². The quantitative estimate of drug-likeness (QED) is 0.308. The summed E-state index contributed by atoms with van der Waals surface area (Å²) >= 11 is 1.72. The first-order valence-electron chi connectivity index (χ1n) is 6.84. The van der Waals surface area contributed by atoms with E-state index in [9.17, 15) is 14.5 Å². The SMILES string of the molecule is CCCCC[C@@H](C)SCNc1ccc(F)cc1[N+](=O)[O-]. The molecule has 4 nitrogen and oxygen atoms in total. The molecule has 1 aromatic rings. The zero-order chi connectivity index (χ0) is 15.0. The van der Waals surface area contributed by atoms with E-state index in [1.54, 1.807) is 11.8 Å². The molecular weight excluding hydrogens is 279 g/mol. The molecule has 1 N–H and O–H groups in total. The van der Waals surface area contributed by atoms with Crippen LogP contribution in [0.4, 0.5) is 15.8 Å². The number of unbranched alkanes of at least 4 members (excludes halogenated alkanes) is 2. The molecule has 0 bridgehead atoms. The Hall–Kier alpha value is -1.30. The number of nitro benzene ring substituents is 1. The average molecular weight is 300 g/mol. The molecule has 20 heavy (non-hydrogen) atoms. The van der Waals surface area contributed by atoms with Crippen molar-refractivity contribution in [1.29, 1.82) is 0 Å². The second-order valence-electron chi connectivity index (χ2n) is 4.71. The van der Waals surface area contributed by atoms with Crippen LogP contribution in [-0.2, 0) is 0 Å². The molecule has 0 fully saturated rings. The largest absolute Gasteiger partial charge is 0.370 e. The van der Waals surface area contributed by atoms with Crippen LogP contribution in [0.15, 0.2) is 18.2 Å². The second kappa shape index (κ2) is 8.79. The van der Waals surface area contributed by atoms with Gasteiger partial charge in [0.1, 0.15) is 11.5 Å². The minimum absolute atomic E-state index is 0.218. The van der Waals surface area contributed by atoms with Crippen molar-refractivity contribution in [1.82, 2.24) is 0 Å². The first-order chi connectivity index (χ1) is 9.54. The summed E-state index contributed by atoms with van der Waals surface area (Å²) in [5, 5.41) is 14.3. The van der Waals surface area contributed by atoms with Crippen LogP contribution in [0.2, 0.25) is 0 Å². The highest BCUT2D eigenvalue weighted by atomic mass is 32.2. The lowest BCUT2D eigenvalue weighted by Crippen LogP contribution is -2.06. The lowest BCUT2D eigenvalue weighted by molar-refractivity contribution is -0.384. The van der Waals surface area contributed by atoms with E-state index in [2.05, 4.69) is 19.2 Å². The van der Waals surface area contributed by atoms with Gasteiger partial charge in [-0.2, -0.15) is 0 Å². The van der Waals surface area contributed by atoms with Gasteiger partial charge < -0.3 is 5.32 Å². The van der Waals surface area contributed by atoms with E-state index in [0.29, 0.717) is 16.8 Å². The van der Waals surface area contributed by atoms with E-state index >= 15 is 0 Å². The van der Waals surface area contributed by atoms with Crippen molar-refractivity contribution >= 4 is 23.1 Å². The third-order valence-electron chi connectivity index (χ3n) is 3.00. The number of thioether (sulfide) groups is 1. The predicted octanol–water partition coefficient (Wildman–Crippen LogP) is 4.81. The Kier molecular flexibility index (Phi) is 7.36. The van der Waals surface area contributed by atoms with Crippen LogP contribution in [0.1, 0.15) is 39.5 Å². The standard InChI is InChI=1S/C14H21FN2O2S/c1-3-4-5-6-11(2)20-10-16-13-8-7-12(15)9-14(13)17(18)19/h7-9,11,16H,3-6,10H2,1-2H3/t11-/m1/s1. The van der Waals surface area contributed by atoms with Gasteiger partial charge in [0.25, 0.3) is 5.69 Å².